The average Bonchev–Trinajstić information content (AvgIpc) is 2.91. The van der Waals surface area contributed by atoms with Crippen LogP contribution in [0.25, 0.3) is 0 Å². The van der Waals surface area contributed by atoms with Gasteiger partial charge in [0, 0.05) is 37.8 Å². The summed E-state index contributed by atoms with van der Waals surface area (Å²) in [5, 5.41) is 4.74. The van der Waals surface area contributed by atoms with Crippen LogP contribution < -0.4 is 10.0 Å². The molecule has 0 aromatic carbocycles. The number of nitrogens with zero attached hydrogens (tertiary/aromatic N) is 2. The second-order valence-corrected chi connectivity index (χ2v) is 6.20. The van der Waals surface area contributed by atoms with Gasteiger partial charge in [0.25, 0.3) is 0 Å². The molecular formula is C11H14N4O2S2. The second-order valence-electron chi connectivity index (χ2n) is 3.75. The Morgan fingerprint density at radius 2 is 2.26 bits per heavy atom. The first-order valence-electron chi connectivity index (χ1n) is 5.62. The Kier molecular flexibility index (Phi) is 4.46. The number of anilines is 1. The molecule has 2 N–H and O–H groups in total. The van der Waals surface area contributed by atoms with Gasteiger partial charge in [0.15, 0.2) is 0 Å². The minimum atomic E-state index is -3.56. The fourth-order valence-electron chi connectivity index (χ4n) is 1.55. The molecule has 0 saturated heterocycles. The van der Waals surface area contributed by atoms with Crippen molar-refractivity contribution in [2.75, 3.05) is 18.9 Å². The largest absolute Gasteiger partial charge is 0.387 e. The number of pyridine rings is 1. The molecule has 0 saturated carbocycles. The first-order valence-corrected chi connectivity index (χ1v) is 8.04. The maximum Gasteiger partial charge on any atom is 0.244 e. The van der Waals surface area contributed by atoms with Gasteiger partial charge < -0.3 is 5.32 Å². The number of sulfonamides is 1. The van der Waals surface area contributed by atoms with Gasteiger partial charge in [0.2, 0.25) is 10.0 Å². The summed E-state index contributed by atoms with van der Waals surface area (Å²) in [5.41, 5.74) is 3.13. The molecule has 2 aromatic heterocycles. The van der Waals surface area contributed by atoms with E-state index in [-0.39, 0.29) is 4.90 Å². The highest BCUT2D eigenvalue weighted by atomic mass is 32.2. The lowest BCUT2D eigenvalue weighted by molar-refractivity contribution is 0.581. The minimum Gasteiger partial charge on any atom is -0.387 e. The minimum absolute atomic E-state index is 0.149. The van der Waals surface area contributed by atoms with Gasteiger partial charge >= 0.3 is 0 Å². The molecule has 8 heteroatoms. The highest BCUT2D eigenvalue weighted by Crippen LogP contribution is 2.18. The molecule has 0 aliphatic rings. The Morgan fingerprint density at radius 1 is 1.42 bits per heavy atom. The Labute approximate surface area is 116 Å². The predicted octanol–water partition coefficient (Wildman–Crippen LogP) is 1.10. The van der Waals surface area contributed by atoms with Gasteiger partial charge in [0.05, 0.1) is 16.9 Å². The zero-order valence-electron chi connectivity index (χ0n) is 10.3. The summed E-state index contributed by atoms with van der Waals surface area (Å²) in [6, 6.07) is 1.62. The molecule has 0 radical (unpaired) electrons. The van der Waals surface area contributed by atoms with E-state index in [0.29, 0.717) is 18.7 Å². The van der Waals surface area contributed by atoms with Crippen LogP contribution in [-0.2, 0) is 16.4 Å². The van der Waals surface area contributed by atoms with E-state index in [1.165, 1.54) is 17.5 Å². The third kappa shape index (κ3) is 3.49. The van der Waals surface area contributed by atoms with Gasteiger partial charge in [-0.1, -0.05) is 0 Å². The normalized spacial score (nSPS) is 11.4. The Morgan fingerprint density at radius 3 is 2.95 bits per heavy atom. The van der Waals surface area contributed by atoms with Crippen LogP contribution in [0, 0.1) is 0 Å². The molecule has 0 fully saturated rings. The summed E-state index contributed by atoms with van der Waals surface area (Å²) < 4.78 is 26.8. The molecule has 0 unspecified atom stereocenters. The second kappa shape index (κ2) is 6.09. The molecule has 2 aromatic rings. The van der Waals surface area contributed by atoms with E-state index >= 15 is 0 Å². The van der Waals surface area contributed by atoms with E-state index in [0.717, 1.165) is 5.69 Å². The van der Waals surface area contributed by atoms with Gasteiger partial charge in [-0.2, -0.15) is 0 Å². The van der Waals surface area contributed by atoms with Crippen LogP contribution in [0.5, 0.6) is 0 Å². The molecule has 0 bridgehead atoms. The topological polar surface area (TPSA) is 84.0 Å². The molecule has 6 nitrogen and oxygen atoms in total. The van der Waals surface area contributed by atoms with Crippen LogP contribution in [0.3, 0.4) is 0 Å². The molecule has 2 heterocycles. The lowest BCUT2D eigenvalue weighted by Gasteiger charge is -2.09. The van der Waals surface area contributed by atoms with Gasteiger partial charge in [-0.15, -0.1) is 11.3 Å². The van der Waals surface area contributed by atoms with Crippen molar-refractivity contribution in [3.05, 3.63) is 35.0 Å². The highest BCUT2D eigenvalue weighted by Gasteiger charge is 2.17. The zero-order valence-corrected chi connectivity index (χ0v) is 12.0. The van der Waals surface area contributed by atoms with E-state index in [2.05, 4.69) is 20.0 Å². The van der Waals surface area contributed by atoms with Crippen molar-refractivity contribution in [1.29, 1.82) is 0 Å². The smallest absolute Gasteiger partial charge is 0.244 e. The summed E-state index contributed by atoms with van der Waals surface area (Å²) in [6.07, 6.45) is 3.44. The van der Waals surface area contributed by atoms with E-state index in [9.17, 15) is 8.42 Å². The van der Waals surface area contributed by atoms with Crippen LogP contribution in [0.2, 0.25) is 0 Å². The summed E-state index contributed by atoms with van der Waals surface area (Å²) in [7, 11) is -1.89. The maximum atomic E-state index is 12.1. The molecule has 0 atom stereocenters. The van der Waals surface area contributed by atoms with Crippen molar-refractivity contribution in [3.8, 4) is 0 Å². The van der Waals surface area contributed by atoms with Crippen molar-refractivity contribution in [1.82, 2.24) is 14.7 Å². The van der Waals surface area contributed by atoms with Crippen LogP contribution >= 0.6 is 11.3 Å². The van der Waals surface area contributed by atoms with Crippen molar-refractivity contribution in [2.45, 2.75) is 11.3 Å². The Hall–Kier alpha value is -1.51. The Bertz CT molecular complexity index is 626. The number of rotatable bonds is 6. The molecule has 0 aliphatic carbocycles. The van der Waals surface area contributed by atoms with Crippen molar-refractivity contribution in [2.24, 2.45) is 0 Å². The van der Waals surface area contributed by atoms with Crippen LogP contribution in [0.15, 0.2) is 34.2 Å². The Balaban J connectivity index is 2.05. The third-order valence-corrected chi connectivity index (χ3v) is 4.62. The average molecular weight is 298 g/mol. The maximum absolute atomic E-state index is 12.1. The SMILES string of the molecule is CNc1ccncc1S(=O)(=O)NCCc1cscn1. The number of thiazole rings is 1. The summed E-state index contributed by atoms with van der Waals surface area (Å²) in [6.45, 7) is 0.310. The number of aromatic nitrogens is 2. The standard InChI is InChI=1S/C11H14N4O2S2/c1-12-10-3-4-13-6-11(10)19(16,17)15-5-2-9-7-18-8-14-9/h3-4,6-8,15H,2,5H2,1H3,(H,12,13). The molecule has 0 amide bonds. The molecule has 19 heavy (non-hydrogen) atoms. The summed E-state index contributed by atoms with van der Waals surface area (Å²) >= 11 is 1.49. The van der Waals surface area contributed by atoms with Crippen molar-refractivity contribution in [3.63, 3.8) is 0 Å². The molecular weight excluding hydrogens is 284 g/mol. The first kappa shape index (κ1) is 13.9. The van der Waals surface area contributed by atoms with E-state index in [1.54, 1.807) is 24.8 Å². The monoisotopic (exact) mass is 298 g/mol. The van der Waals surface area contributed by atoms with Gasteiger partial charge in [-0.3, -0.25) is 4.98 Å². The quantitative estimate of drug-likeness (QED) is 0.834. The molecule has 2 rings (SSSR count). The highest BCUT2D eigenvalue weighted by molar-refractivity contribution is 7.89. The predicted molar refractivity (Wildman–Crippen MR) is 74.8 cm³/mol. The van der Waals surface area contributed by atoms with Crippen molar-refractivity contribution < 1.29 is 8.42 Å². The summed E-state index contributed by atoms with van der Waals surface area (Å²) in [5.74, 6) is 0. The van der Waals surface area contributed by atoms with Gasteiger partial charge in [0.1, 0.15) is 4.90 Å². The number of nitrogens with one attached hydrogen (secondary N) is 2. The van der Waals surface area contributed by atoms with Gasteiger partial charge in [-0.05, 0) is 6.07 Å². The van der Waals surface area contributed by atoms with E-state index < -0.39 is 10.0 Å². The van der Waals surface area contributed by atoms with Gasteiger partial charge in [-0.25, -0.2) is 18.1 Å². The molecule has 0 aliphatic heterocycles. The van der Waals surface area contributed by atoms with E-state index in [1.807, 2.05) is 5.38 Å². The molecule has 0 spiro atoms. The fourth-order valence-corrected chi connectivity index (χ4v) is 3.33. The van der Waals surface area contributed by atoms with E-state index in [4.69, 9.17) is 0 Å². The number of hydrogen-bond donors (Lipinski definition) is 2. The van der Waals surface area contributed by atoms with Crippen LogP contribution in [0.1, 0.15) is 5.69 Å². The third-order valence-electron chi connectivity index (χ3n) is 2.50. The zero-order chi connectivity index (χ0) is 13.7. The number of hydrogen-bond acceptors (Lipinski definition) is 6. The first-order chi connectivity index (χ1) is 9.13. The molecule has 102 valence electrons. The lowest BCUT2D eigenvalue weighted by atomic mass is 10.3. The lowest BCUT2D eigenvalue weighted by Crippen LogP contribution is -2.26. The van der Waals surface area contributed by atoms with Crippen LogP contribution in [-0.4, -0.2) is 32.0 Å². The van der Waals surface area contributed by atoms with Crippen molar-refractivity contribution >= 4 is 27.0 Å². The van der Waals surface area contributed by atoms with Crippen LogP contribution in [0.4, 0.5) is 5.69 Å². The fraction of sp³-hybridized carbons (Fsp3) is 0.273. The summed E-state index contributed by atoms with van der Waals surface area (Å²) in [4.78, 5) is 8.10.